The van der Waals surface area contributed by atoms with Gasteiger partial charge < -0.3 is 9.80 Å². The molecule has 32 heavy (non-hydrogen) atoms. The minimum Gasteiger partial charge on any atom is -0.342 e. The molecule has 2 aromatic rings. The van der Waals surface area contributed by atoms with Gasteiger partial charge in [-0.25, -0.2) is 9.97 Å². The highest BCUT2D eigenvalue weighted by molar-refractivity contribution is 5.83. The number of hydrogen-bond donors (Lipinski definition) is 0. The number of nitrogens with zero attached hydrogens (tertiary/aromatic N) is 4. The third-order valence-electron chi connectivity index (χ3n) is 7.01. The van der Waals surface area contributed by atoms with E-state index >= 15 is 0 Å². The van der Waals surface area contributed by atoms with Gasteiger partial charge in [-0.3, -0.25) is 9.59 Å². The lowest BCUT2D eigenvalue weighted by atomic mass is 10.00. The Bertz CT molecular complexity index is 946. The Morgan fingerprint density at radius 1 is 0.969 bits per heavy atom. The van der Waals surface area contributed by atoms with Gasteiger partial charge in [0.1, 0.15) is 5.82 Å². The van der Waals surface area contributed by atoms with Gasteiger partial charge in [0.05, 0.1) is 12.3 Å². The number of carbonyl (C=O) groups is 2. The smallest absolute Gasteiger partial charge is 0.229 e. The van der Waals surface area contributed by atoms with E-state index in [4.69, 9.17) is 9.97 Å². The zero-order chi connectivity index (χ0) is 22.7. The third kappa shape index (κ3) is 4.84. The molecule has 0 bridgehead atoms. The van der Waals surface area contributed by atoms with E-state index < -0.39 is 0 Å². The Labute approximate surface area is 191 Å². The number of likely N-dealkylation sites (tertiary alicyclic amines) is 2. The molecule has 2 aliphatic rings. The predicted molar refractivity (Wildman–Crippen MR) is 124 cm³/mol. The van der Waals surface area contributed by atoms with E-state index in [0.29, 0.717) is 13.0 Å². The van der Waals surface area contributed by atoms with Crippen LogP contribution in [0.25, 0.3) is 0 Å². The normalized spacial score (nSPS) is 19.8. The van der Waals surface area contributed by atoms with Crippen LogP contribution in [0.1, 0.15) is 72.8 Å². The number of amides is 2. The van der Waals surface area contributed by atoms with Crippen molar-refractivity contribution in [3.8, 4) is 0 Å². The fourth-order valence-electron chi connectivity index (χ4n) is 4.94. The number of rotatable bonds is 5. The van der Waals surface area contributed by atoms with Crippen LogP contribution in [0.3, 0.4) is 0 Å². The molecule has 2 unspecified atom stereocenters. The molecule has 1 aromatic carbocycles. The lowest BCUT2D eigenvalue weighted by Crippen LogP contribution is -2.37. The van der Waals surface area contributed by atoms with Gasteiger partial charge in [0.2, 0.25) is 11.8 Å². The molecule has 2 atom stereocenters. The minimum absolute atomic E-state index is 0.145. The minimum atomic E-state index is -0.150. The lowest BCUT2D eigenvalue weighted by molar-refractivity contribution is -0.132. The van der Waals surface area contributed by atoms with Crippen LogP contribution < -0.4 is 0 Å². The van der Waals surface area contributed by atoms with Gasteiger partial charge in [0, 0.05) is 49.0 Å². The van der Waals surface area contributed by atoms with Crippen molar-refractivity contribution >= 4 is 11.8 Å². The van der Waals surface area contributed by atoms with Crippen molar-refractivity contribution in [3.63, 3.8) is 0 Å². The molecule has 4 rings (SSSR count). The van der Waals surface area contributed by atoms with Crippen LogP contribution in [0.5, 0.6) is 0 Å². The van der Waals surface area contributed by atoms with Gasteiger partial charge >= 0.3 is 0 Å². The Balaban J connectivity index is 1.42. The quantitative estimate of drug-likeness (QED) is 0.719. The van der Waals surface area contributed by atoms with Gasteiger partial charge in [-0.1, -0.05) is 30.3 Å². The van der Waals surface area contributed by atoms with Crippen molar-refractivity contribution in [2.45, 2.75) is 64.7 Å². The molecule has 2 aliphatic heterocycles. The van der Waals surface area contributed by atoms with Crippen LogP contribution in [0, 0.1) is 13.8 Å². The summed E-state index contributed by atoms with van der Waals surface area (Å²) in [5.41, 5.74) is 3.78. The standard InChI is InChI=1S/C26H34N4O2/c1-18(21-10-6-4-7-11-21)26(32)30-15-12-22(17-30)25-27-19(2)23(20(3)28-25)16-24(31)29-13-8-5-9-14-29/h4,6-7,10-11,18,22H,5,8-9,12-17H2,1-3H3. The Kier molecular flexibility index (Phi) is 6.87. The van der Waals surface area contributed by atoms with Crippen molar-refractivity contribution in [1.82, 2.24) is 19.8 Å². The maximum Gasteiger partial charge on any atom is 0.229 e. The first-order valence-electron chi connectivity index (χ1n) is 11.9. The van der Waals surface area contributed by atoms with E-state index in [1.165, 1.54) is 6.42 Å². The summed E-state index contributed by atoms with van der Waals surface area (Å²) < 4.78 is 0. The Hall–Kier alpha value is -2.76. The highest BCUT2D eigenvalue weighted by Crippen LogP contribution is 2.29. The first-order valence-corrected chi connectivity index (χ1v) is 11.9. The number of aryl methyl sites for hydroxylation is 2. The molecule has 0 N–H and O–H groups in total. The van der Waals surface area contributed by atoms with Crippen LogP contribution in [0.15, 0.2) is 30.3 Å². The van der Waals surface area contributed by atoms with Crippen LogP contribution in [-0.2, 0) is 16.0 Å². The molecule has 0 radical (unpaired) electrons. The molecule has 0 saturated carbocycles. The zero-order valence-corrected chi connectivity index (χ0v) is 19.5. The highest BCUT2D eigenvalue weighted by Gasteiger charge is 2.32. The van der Waals surface area contributed by atoms with Gasteiger partial charge in [0.25, 0.3) is 0 Å². The van der Waals surface area contributed by atoms with Crippen molar-refractivity contribution in [2.24, 2.45) is 0 Å². The molecular formula is C26H34N4O2. The molecular weight excluding hydrogens is 400 g/mol. The Morgan fingerprint density at radius 3 is 2.28 bits per heavy atom. The largest absolute Gasteiger partial charge is 0.342 e. The third-order valence-corrected chi connectivity index (χ3v) is 7.01. The fraction of sp³-hybridized carbons (Fsp3) is 0.538. The van der Waals surface area contributed by atoms with E-state index in [9.17, 15) is 9.59 Å². The first kappa shape index (κ1) is 22.4. The molecule has 0 spiro atoms. The Morgan fingerprint density at radius 2 is 1.62 bits per heavy atom. The SMILES string of the molecule is Cc1nc(C2CCN(C(=O)C(C)c3ccccc3)C2)nc(C)c1CC(=O)N1CCCCC1. The molecule has 2 saturated heterocycles. The van der Waals surface area contributed by atoms with Crippen LogP contribution >= 0.6 is 0 Å². The van der Waals surface area contributed by atoms with Gasteiger partial charge in [-0.05, 0) is 52.0 Å². The number of carbonyl (C=O) groups excluding carboxylic acids is 2. The summed E-state index contributed by atoms with van der Waals surface area (Å²) in [6.07, 6.45) is 4.66. The van der Waals surface area contributed by atoms with Gasteiger partial charge in [-0.15, -0.1) is 0 Å². The monoisotopic (exact) mass is 434 g/mol. The molecule has 6 heteroatoms. The average molecular weight is 435 g/mol. The lowest BCUT2D eigenvalue weighted by Gasteiger charge is -2.27. The second kappa shape index (κ2) is 9.80. The maximum atomic E-state index is 13.0. The van der Waals surface area contributed by atoms with Crippen molar-refractivity contribution in [3.05, 3.63) is 58.7 Å². The van der Waals surface area contributed by atoms with E-state index in [2.05, 4.69) is 0 Å². The second-order valence-corrected chi connectivity index (χ2v) is 9.25. The van der Waals surface area contributed by atoms with Crippen molar-refractivity contribution < 1.29 is 9.59 Å². The zero-order valence-electron chi connectivity index (χ0n) is 19.5. The fourth-order valence-corrected chi connectivity index (χ4v) is 4.94. The molecule has 2 amide bonds. The number of hydrogen-bond acceptors (Lipinski definition) is 4. The first-order chi connectivity index (χ1) is 15.4. The molecule has 1 aromatic heterocycles. The number of aromatic nitrogens is 2. The molecule has 170 valence electrons. The summed E-state index contributed by atoms with van der Waals surface area (Å²) in [5, 5.41) is 0. The molecule has 2 fully saturated rings. The highest BCUT2D eigenvalue weighted by atomic mass is 16.2. The average Bonchev–Trinajstić information content (AvgIpc) is 3.31. The summed E-state index contributed by atoms with van der Waals surface area (Å²) in [6, 6.07) is 9.94. The van der Waals surface area contributed by atoms with E-state index in [-0.39, 0.29) is 23.7 Å². The predicted octanol–water partition coefficient (Wildman–Crippen LogP) is 3.77. The number of benzene rings is 1. The van der Waals surface area contributed by atoms with Crippen molar-refractivity contribution in [1.29, 1.82) is 0 Å². The summed E-state index contributed by atoms with van der Waals surface area (Å²) in [5.74, 6) is 1.14. The summed E-state index contributed by atoms with van der Waals surface area (Å²) in [4.78, 5) is 39.3. The van der Waals surface area contributed by atoms with Gasteiger partial charge in [-0.2, -0.15) is 0 Å². The molecule has 6 nitrogen and oxygen atoms in total. The summed E-state index contributed by atoms with van der Waals surface area (Å²) in [7, 11) is 0. The summed E-state index contributed by atoms with van der Waals surface area (Å²) >= 11 is 0. The van der Waals surface area contributed by atoms with Crippen LogP contribution in [0.2, 0.25) is 0 Å². The van der Waals surface area contributed by atoms with E-state index in [1.54, 1.807) is 0 Å². The second-order valence-electron chi connectivity index (χ2n) is 9.25. The van der Waals surface area contributed by atoms with Gasteiger partial charge in [0.15, 0.2) is 0 Å². The molecule has 0 aliphatic carbocycles. The van der Waals surface area contributed by atoms with Crippen LogP contribution in [-0.4, -0.2) is 57.8 Å². The summed E-state index contributed by atoms with van der Waals surface area (Å²) in [6.45, 7) is 9.05. The topological polar surface area (TPSA) is 66.4 Å². The maximum absolute atomic E-state index is 13.0. The van der Waals surface area contributed by atoms with E-state index in [0.717, 1.165) is 67.2 Å². The van der Waals surface area contributed by atoms with E-state index in [1.807, 2.05) is 60.9 Å². The van der Waals surface area contributed by atoms with Crippen molar-refractivity contribution in [2.75, 3.05) is 26.2 Å². The number of piperidine rings is 1. The van der Waals surface area contributed by atoms with Crippen LogP contribution in [0.4, 0.5) is 0 Å². The molecule has 3 heterocycles.